The molecule has 1 heterocycles. The maximum Gasteiger partial charge on any atom is 0.190 e. The molecule has 2 aromatic carbocycles. The lowest BCUT2D eigenvalue weighted by molar-refractivity contribution is 0.340. The molecule has 0 saturated carbocycles. The first-order valence-corrected chi connectivity index (χ1v) is 9.18. The van der Waals surface area contributed by atoms with Crippen LogP contribution in [0.2, 0.25) is 0 Å². The van der Waals surface area contributed by atoms with Crippen molar-refractivity contribution in [1.82, 2.24) is 4.57 Å². The summed E-state index contributed by atoms with van der Waals surface area (Å²) in [6.07, 6.45) is 1.91. The largest absolute Gasteiger partial charge is 0.494 e. The van der Waals surface area contributed by atoms with E-state index in [9.17, 15) is 0 Å². The van der Waals surface area contributed by atoms with Gasteiger partial charge in [0.2, 0.25) is 0 Å². The van der Waals surface area contributed by atoms with Crippen molar-refractivity contribution in [3.8, 4) is 17.0 Å². The van der Waals surface area contributed by atoms with Crippen LogP contribution in [0.3, 0.4) is 0 Å². The average Bonchev–Trinajstić information content (AvgIpc) is 2.93. The number of rotatable bonds is 6. The maximum absolute atomic E-state index is 5.50. The second-order valence-electron chi connectivity index (χ2n) is 5.59. The first-order valence-electron chi connectivity index (χ1n) is 8.37. The number of ether oxygens (including phenoxy) is 1. The van der Waals surface area contributed by atoms with Gasteiger partial charge in [0.05, 0.1) is 18.0 Å². The minimum absolute atomic E-state index is 0.667. The van der Waals surface area contributed by atoms with E-state index in [2.05, 4.69) is 42.3 Å². The van der Waals surface area contributed by atoms with Crippen LogP contribution in [-0.2, 0) is 6.54 Å². The summed E-state index contributed by atoms with van der Waals surface area (Å²) < 4.78 is 7.72. The first kappa shape index (κ1) is 17.2. The normalized spacial score (nSPS) is 11.5. The number of aromatic nitrogens is 1. The minimum atomic E-state index is 0.667. The summed E-state index contributed by atoms with van der Waals surface area (Å²) >= 11 is 1.70. The zero-order valence-electron chi connectivity index (χ0n) is 14.6. The standard InChI is InChI=1S/C21H22N2OS/c1-4-15-23-20(17-9-7-6-8-10-17)16(3)25-21(23)22-18-11-13-19(14-12-18)24-5-2/h4,6-14H,1,5,15H2,2-3H3. The van der Waals surface area contributed by atoms with Crippen molar-refractivity contribution < 1.29 is 4.74 Å². The van der Waals surface area contributed by atoms with Crippen LogP contribution in [-0.4, -0.2) is 11.2 Å². The van der Waals surface area contributed by atoms with Crippen molar-refractivity contribution in [1.29, 1.82) is 0 Å². The molecular weight excluding hydrogens is 328 g/mol. The Balaban J connectivity index is 2.08. The van der Waals surface area contributed by atoms with Crippen LogP contribution >= 0.6 is 11.3 Å². The van der Waals surface area contributed by atoms with Gasteiger partial charge in [0, 0.05) is 11.4 Å². The van der Waals surface area contributed by atoms with Crippen LogP contribution in [0.4, 0.5) is 5.69 Å². The molecule has 0 atom stereocenters. The second kappa shape index (κ2) is 7.99. The van der Waals surface area contributed by atoms with Crippen LogP contribution in [0.15, 0.2) is 72.2 Å². The van der Waals surface area contributed by atoms with Gasteiger partial charge in [-0.3, -0.25) is 0 Å². The van der Waals surface area contributed by atoms with Crippen LogP contribution in [0.25, 0.3) is 11.3 Å². The van der Waals surface area contributed by atoms with Gasteiger partial charge in [-0.2, -0.15) is 0 Å². The van der Waals surface area contributed by atoms with Gasteiger partial charge in [0.15, 0.2) is 4.80 Å². The molecule has 0 spiro atoms. The number of hydrogen-bond acceptors (Lipinski definition) is 3. The number of allylic oxidation sites excluding steroid dienone is 1. The molecule has 3 nitrogen and oxygen atoms in total. The Morgan fingerprint density at radius 1 is 1.12 bits per heavy atom. The third-order valence-electron chi connectivity index (χ3n) is 3.81. The molecule has 0 aliphatic rings. The van der Waals surface area contributed by atoms with E-state index in [0.717, 1.165) is 22.8 Å². The number of thiazole rings is 1. The van der Waals surface area contributed by atoms with Crippen molar-refractivity contribution in [3.05, 3.63) is 76.9 Å². The minimum Gasteiger partial charge on any atom is -0.494 e. The van der Waals surface area contributed by atoms with Gasteiger partial charge in [0.25, 0.3) is 0 Å². The molecule has 0 bridgehead atoms. The van der Waals surface area contributed by atoms with Crippen LogP contribution in [0, 0.1) is 6.92 Å². The molecule has 0 aliphatic heterocycles. The topological polar surface area (TPSA) is 26.5 Å². The van der Waals surface area contributed by atoms with E-state index < -0.39 is 0 Å². The lowest BCUT2D eigenvalue weighted by Gasteiger charge is -2.08. The number of benzene rings is 2. The monoisotopic (exact) mass is 350 g/mol. The second-order valence-corrected chi connectivity index (χ2v) is 6.78. The fourth-order valence-electron chi connectivity index (χ4n) is 2.76. The van der Waals surface area contributed by atoms with Crippen molar-refractivity contribution in [2.45, 2.75) is 20.4 Å². The molecule has 4 heteroatoms. The van der Waals surface area contributed by atoms with Gasteiger partial charge in [-0.25, -0.2) is 4.99 Å². The number of nitrogens with zero attached hydrogens (tertiary/aromatic N) is 2. The molecular formula is C21H22N2OS. The Bertz CT molecular complexity index is 905. The predicted molar refractivity (Wildman–Crippen MR) is 106 cm³/mol. The van der Waals surface area contributed by atoms with E-state index in [4.69, 9.17) is 9.73 Å². The summed E-state index contributed by atoms with van der Waals surface area (Å²) in [5.74, 6) is 0.868. The van der Waals surface area contributed by atoms with Gasteiger partial charge in [-0.1, -0.05) is 36.4 Å². The predicted octanol–water partition coefficient (Wildman–Crippen LogP) is 5.34. The Morgan fingerprint density at radius 2 is 1.84 bits per heavy atom. The van der Waals surface area contributed by atoms with E-state index in [-0.39, 0.29) is 0 Å². The van der Waals surface area contributed by atoms with Gasteiger partial charge < -0.3 is 9.30 Å². The molecule has 0 N–H and O–H groups in total. The Kier molecular flexibility index (Phi) is 5.51. The molecule has 0 unspecified atom stereocenters. The molecule has 1 aromatic heterocycles. The molecule has 128 valence electrons. The summed E-state index contributed by atoms with van der Waals surface area (Å²) in [6.45, 7) is 9.42. The van der Waals surface area contributed by atoms with Crippen LogP contribution in [0.1, 0.15) is 11.8 Å². The highest BCUT2D eigenvalue weighted by Gasteiger charge is 2.11. The summed E-state index contributed by atoms with van der Waals surface area (Å²) in [4.78, 5) is 7.07. The average molecular weight is 350 g/mol. The summed E-state index contributed by atoms with van der Waals surface area (Å²) in [7, 11) is 0. The van der Waals surface area contributed by atoms with Crippen molar-refractivity contribution >= 4 is 17.0 Å². The molecule has 3 rings (SSSR count). The summed E-state index contributed by atoms with van der Waals surface area (Å²) in [6, 6.07) is 18.3. The first-order chi connectivity index (χ1) is 12.2. The molecule has 0 saturated heterocycles. The van der Waals surface area contributed by atoms with Gasteiger partial charge in [-0.05, 0) is 43.7 Å². The van der Waals surface area contributed by atoms with Gasteiger partial charge in [0.1, 0.15) is 5.75 Å². The Hall–Kier alpha value is -2.59. The number of hydrogen-bond donors (Lipinski definition) is 0. The van der Waals surface area contributed by atoms with Crippen molar-refractivity contribution in [2.24, 2.45) is 4.99 Å². The maximum atomic E-state index is 5.50. The summed E-state index contributed by atoms with van der Waals surface area (Å²) in [5, 5.41) is 0. The SMILES string of the molecule is C=CCn1c(-c2ccccc2)c(C)sc1=Nc1ccc(OCC)cc1. The van der Waals surface area contributed by atoms with E-state index in [1.165, 1.54) is 16.1 Å². The van der Waals surface area contributed by atoms with Gasteiger partial charge in [-0.15, -0.1) is 17.9 Å². The Morgan fingerprint density at radius 3 is 2.48 bits per heavy atom. The van der Waals surface area contributed by atoms with E-state index in [1.807, 2.05) is 43.3 Å². The number of aryl methyl sites for hydroxylation is 1. The molecule has 0 aliphatic carbocycles. The fraction of sp³-hybridized carbons (Fsp3) is 0.190. The smallest absolute Gasteiger partial charge is 0.190 e. The highest BCUT2D eigenvalue weighted by Crippen LogP contribution is 2.26. The lowest BCUT2D eigenvalue weighted by Crippen LogP contribution is -2.14. The Labute approximate surface area is 152 Å². The van der Waals surface area contributed by atoms with E-state index in [1.54, 1.807) is 11.3 Å². The molecule has 25 heavy (non-hydrogen) atoms. The zero-order chi connectivity index (χ0) is 17.6. The van der Waals surface area contributed by atoms with E-state index in [0.29, 0.717) is 6.61 Å². The molecule has 0 radical (unpaired) electrons. The van der Waals surface area contributed by atoms with Crippen LogP contribution in [0.5, 0.6) is 5.75 Å². The quantitative estimate of drug-likeness (QED) is 0.551. The fourth-order valence-corrected chi connectivity index (χ4v) is 3.78. The van der Waals surface area contributed by atoms with Gasteiger partial charge >= 0.3 is 0 Å². The highest BCUT2D eigenvalue weighted by molar-refractivity contribution is 7.09. The molecule has 0 fully saturated rings. The zero-order valence-corrected chi connectivity index (χ0v) is 15.4. The van der Waals surface area contributed by atoms with E-state index >= 15 is 0 Å². The summed E-state index contributed by atoms with van der Waals surface area (Å²) in [5.41, 5.74) is 3.32. The molecule has 3 aromatic rings. The molecule has 0 amide bonds. The van der Waals surface area contributed by atoms with Crippen LogP contribution < -0.4 is 9.54 Å². The van der Waals surface area contributed by atoms with Crippen molar-refractivity contribution in [3.63, 3.8) is 0 Å². The highest BCUT2D eigenvalue weighted by atomic mass is 32.1. The lowest BCUT2D eigenvalue weighted by atomic mass is 10.1. The third-order valence-corrected chi connectivity index (χ3v) is 4.80. The third kappa shape index (κ3) is 3.91. The van der Waals surface area contributed by atoms with Crippen molar-refractivity contribution in [2.75, 3.05) is 6.61 Å².